The molecule has 0 heterocycles. The number of ether oxygens (including phenoxy) is 7. The Balaban J connectivity index is -0.000000126. The number of carbonyl (C=O) groups is 3. The van der Waals surface area contributed by atoms with Crippen molar-refractivity contribution in [3.05, 3.63) is 94.0 Å². The van der Waals surface area contributed by atoms with E-state index in [4.69, 9.17) is 56.2 Å². The summed E-state index contributed by atoms with van der Waals surface area (Å²) in [5.41, 5.74) is 0. The number of carbonyl (C=O) groups excluding carboxylic acids is 3. The van der Waals surface area contributed by atoms with Crippen LogP contribution in [-0.4, -0.2) is 123 Å². The zero-order chi connectivity index (χ0) is 89.4. The van der Waals surface area contributed by atoms with Crippen molar-refractivity contribution in [1.82, 2.24) is 0 Å². The van der Waals surface area contributed by atoms with Crippen molar-refractivity contribution < 1.29 is 69.3 Å². The first-order valence-electron chi connectivity index (χ1n) is 47.8. The van der Waals surface area contributed by atoms with Crippen molar-refractivity contribution in [2.24, 2.45) is 0 Å². The molecule has 0 saturated heterocycles. The van der Waals surface area contributed by atoms with Gasteiger partial charge in [-0.2, -0.15) is 6.42 Å². The van der Waals surface area contributed by atoms with E-state index in [0.717, 1.165) is 63.9 Å². The normalized spacial score (nSPS) is 10.3. The van der Waals surface area contributed by atoms with Crippen LogP contribution in [0.3, 0.4) is 0 Å². The zero-order valence-electron chi connectivity index (χ0n) is 79.8. The van der Waals surface area contributed by atoms with Crippen LogP contribution in [0.2, 0.25) is 0 Å². The Hall–Kier alpha value is -1.24. The van der Waals surface area contributed by atoms with Crippen LogP contribution in [0, 0.1) is 6.92 Å². The third kappa shape index (κ3) is 199. The molecule has 0 radical (unpaired) electrons. The summed E-state index contributed by atoms with van der Waals surface area (Å²) in [5, 5.41) is 8.53. The summed E-state index contributed by atoms with van der Waals surface area (Å²) in [5.74, 6) is 0.347. The molecule has 0 spiro atoms. The van der Waals surface area contributed by atoms with Crippen LogP contribution in [0.4, 0.5) is 0 Å². The summed E-state index contributed by atoms with van der Waals surface area (Å²) in [6.07, 6.45) is 107. The van der Waals surface area contributed by atoms with Gasteiger partial charge in [0.2, 0.25) is 9.23 Å². The summed E-state index contributed by atoms with van der Waals surface area (Å²) in [6, 6.07) is 0.202. The molecule has 0 aliphatic carbocycles. The smallest absolute Gasteiger partial charge is 1.00 e. The van der Waals surface area contributed by atoms with Crippen LogP contribution in [0.25, 0.3) is 0 Å². The van der Waals surface area contributed by atoms with Crippen LogP contribution in [0.15, 0.2) is 87.1 Å². The van der Waals surface area contributed by atoms with E-state index in [9.17, 15) is 14.4 Å². The van der Waals surface area contributed by atoms with E-state index in [1.165, 1.54) is 393 Å². The minimum Gasteiger partial charge on any atom is -1.00 e. The maximum atomic E-state index is 10.6. The van der Waals surface area contributed by atoms with Gasteiger partial charge in [-0.25, -0.2) is 4.21 Å². The first kappa shape index (κ1) is 142. The maximum Gasteiger partial charge on any atom is 2.00 e. The second-order valence-electron chi connectivity index (χ2n) is 30.3. The first-order valence-corrected chi connectivity index (χ1v) is 51.7. The molecule has 0 amide bonds. The molecule has 0 atom stereocenters. The molecule has 0 aliphatic rings. The number of alkyl halides is 2. The van der Waals surface area contributed by atoms with Crippen LogP contribution in [-0.2, 0) is 56.8 Å². The number of halogens is 5. The quantitative estimate of drug-likeness (QED) is 0.00710. The number of rotatable bonds is 81. The van der Waals surface area contributed by atoms with E-state index in [-0.39, 0.29) is 66.2 Å². The van der Waals surface area contributed by atoms with Crippen LogP contribution in [0.1, 0.15) is 465 Å². The van der Waals surface area contributed by atoms with Crippen LogP contribution in [0.5, 0.6) is 0 Å². The summed E-state index contributed by atoms with van der Waals surface area (Å²) in [4.78, 5) is 31.5. The molecule has 714 valence electrons. The standard InChI is InChI=1S/C18H34O2.C16H30O2.C14H28O2.C14H26O2.C14H27.C11H21Cl.C11H22O.C3H7ClO2.Cl2OS.ClH.Mg/c1-3-4-5-6-7-8-9-10-11-12-13-14-15-16-17-20-18(2)19;1-3-4-5-6-7-8-9-10-11-12-13-14-15-18-16(2)17;1-3-4-5-6-7-8-9-10-11-12-13-16-14-15-2;1-3-4-5-6-7-8-9-10-11-12-13-16-14(2)15;1-3-5-7-9-11-13-14-12-10-8-6-4-2;2*1-2-3-4-5-6-7-8-9-10-11-12;1-5-3-6-2-4;1-4(2)3;;/h6-7H,3-5,8-17H2,1-2H3;4-5H,3,6-15H2,1-2H3;3H,1,4-14H2,2H3;3H,1,4-13H2,2H3;10,12H,1,3-9,11,13-14H2,2H3;2H,1,3-11H2;2,12H,1,3-11H2;2-3H2,1H3;;1H;/q;;;;-1;;;;;;+2/p-1/b7-6-;5-4-;;;12-10-;;;;;;. The van der Waals surface area contributed by atoms with Gasteiger partial charge in [-0.05, 0) is 148 Å². The molecular formula is C101H195Cl5MgO12S. The number of aliphatic hydroxyl groups excluding tert-OH is 1. The largest absolute Gasteiger partial charge is 2.00 e. The van der Waals surface area contributed by atoms with Gasteiger partial charge in [0.15, 0.2) is 0 Å². The van der Waals surface area contributed by atoms with E-state index in [0.29, 0.717) is 33.2 Å². The monoisotopic (exact) mass is 1830 g/mol. The summed E-state index contributed by atoms with van der Waals surface area (Å²) in [6.45, 7) is 33.5. The van der Waals surface area contributed by atoms with Gasteiger partial charge < -0.3 is 57.6 Å². The molecule has 0 aromatic rings. The Bertz CT molecular complexity index is 1910. The Morgan fingerprint density at radius 2 is 0.550 bits per heavy atom. The summed E-state index contributed by atoms with van der Waals surface area (Å²) in [7, 11) is 10.6. The molecule has 120 heavy (non-hydrogen) atoms. The molecule has 0 aliphatic heterocycles. The number of hydrogen-bond donors (Lipinski definition) is 1. The van der Waals surface area contributed by atoms with Crippen molar-refractivity contribution in [3.63, 3.8) is 0 Å². The van der Waals surface area contributed by atoms with Crippen LogP contribution < -0.4 is 12.4 Å². The fraction of sp³-hybridized carbons (Fsp3) is 0.822. The molecule has 0 rings (SSSR count). The number of esters is 3. The van der Waals surface area contributed by atoms with Gasteiger partial charge in [-0.1, -0.05) is 363 Å². The fourth-order valence-corrected chi connectivity index (χ4v) is 11.9. The molecule has 1 N–H and O–H groups in total. The number of aliphatic hydroxyl groups is 1. The molecule has 19 heteroatoms. The van der Waals surface area contributed by atoms with Gasteiger partial charge in [-0.15, -0.1) is 37.9 Å². The predicted molar refractivity (Wildman–Crippen MR) is 530 cm³/mol. The van der Waals surface area contributed by atoms with Crippen molar-refractivity contribution >= 4 is 94.8 Å². The van der Waals surface area contributed by atoms with Gasteiger partial charge in [-0.3, -0.25) is 14.4 Å². The second-order valence-corrected chi connectivity index (χ2v) is 33.4. The van der Waals surface area contributed by atoms with E-state index in [1.807, 2.05) is 24.3 Å². The third-order valence-corrected chi connectivity index (χ3v) is 19.0. The number of allylic oxidation sites excluding steroid dienone is 10. The zero-order valence-corrected chi connectivity index (χ0v) is 85.8. The van der Waals surface area contributed by atoms with Gasteiger partial charge in [0.25, 0.3) is 0 Å². The molecule has 0 fully saturated rings. The van der Waals surface area contributed by atoms with Crippen molar-refractivity contribution in [1.29, 1.82) is 0 Å². The van der Waals surface area contributed by atoms with Gasteiger partial charge in [0, 0.05) is 75.4 Å². The fourth-order valence-electron chi connectivity index (χ4n) is 11.7. The molecule has 0 aromatic heterocycles. The minimum atomic E-state index is -1.67. The van der Waals surface area contributed by atoms with Gasteiger partial charge in [0.05, 0.1) is 19.8 Å². The average molecular weight is 1840 g/mol. The van der Waals surface area contributed by atoms with E-state index >= 15 is 0 Å². The molecule has 12 nitrogen and oxygen atoms in total. The first-order chi connectivity index (χ1) is 57.6. The average Bonchev–Trinajstić information content (AvgIpc) is 2.09. The molecule has 0 unspecified atom stereocenters. The van der Waals surface area contributed by atoms with Gasteiger partial charge >= 0.3 is 41.0 Å². The molecule has 0 bridgehead atoms. The van der Waals surface area contributed by atoms with E-state index in [2.05, 4.69) is 121 Å². The van der Waals surface area contributed by atoms with Gasteiger partial charge in [0.1, 0.15) is 19.7 Å². The van der Waals surface area contributed by atoms with E-state index < -0.39 is 9.23 Å². The molecule has 0 saturated carbocycles. The van der Waals surface area contributed by atoms with Crippen molar-refractivity contribution in [2.75, 3.05) is 72.8 Å². The van der Waals surface area contributed by atoms with E-state index in [1.54, 1.807) is 14.2 Å². The summed E-state index contributed by atoms with van der Waals surface area (Å²) < 4.78 is 42.8. The summed E-state index contributed by atoms with van der Waals surface area (Å²) >= 11 is 10.6. The Morgan fingerprint density at radius 1 is 0.333 bits per heavy atom. The number of hydrogen-bond acceptors (Lipinski definition) is 12. The molecule has 0 aromatic carbocycles. The predicted octanol–water partition coefficient (Wildman–Crippen LogP) is 31.0. The Labute approximate surface area is 790 Å². The van der Waals surface area contributed by atoms with Crippen molar-refractivity contribution in [3.8, 4) is 0 Å². The Kier molecular flexibility index (Phi) is 180. The topological polar surface area (TPSA) is 153 Å². The maximum absolute atomic E-state index is 10.6. The number of methoxy groups -OCH3 is 2. The third-order valence-electron chi connectivity index (χ3n) is 18.6. The SMILES string of the molecule is C=CCCCCCCCCCCOC(C)=O.C=CCCCCCCCCCCOCOC.C=CCCCCCCCCCCl.C=CCCCCCCCCCO.CC/C=C\CCCCCCCCCCOC(C)=O.CCCC/C=C\CCCCCCCCCCOC(C)=O.COCOCCl.O=S(Cl)Cl.[CH2-]CCCCCCC/C=C\CCCC.[Cl-].[Mg+2]. The van der Waals surface area contributed by atoms with Crippen LogP contribution >= 0.6 is 44.6 Å². The Morgan fingerprint density at radius 3 is 0.767 bits per heavy atom. The van der Waals surface area contributed by atoms with Crippen molar-refractivity contribution in [2.45, 2.75) is 465 Å². The minimum absolute atomic E-state index is 0. The second kappa shape index (κ2) is 152. The molecular weight excluding hydrogens is 1640 g/mol. The number of unbranched alkanes of at least 4 members (excludes halogenated alkanes) is 56.